The summed E-state index contributed by atoms with van der Waals surface area (Å²) < 4.78 is 45.0. The SMILES string of the molecule is O=C(CCc1ccc(F)cc1)NCc1ccccc1CS(=O)(=O)N1CCOCC1. The summed E-state index contributed by atoms with van der Waals surface area (Å²) in [5, 5.41) is 2.84. The van der Waals surface area contributed by atoms with Crippen LogP contribution in [0.25, 0.3) is 0 Å². The van der Waals surface area contributed by atoms with Gasteiger partial charge in [0.25, 0.3) is 0 Å². The second kappa shape index (κ2) is 9.96. The van der Waals surface area contributed by atoms with Crippen LogP contribution in [0.15, 0.2) is 48.5 Å². The van der Waals surface area contributed by atoms with Crippen LogP contribution in [0.1, 0.15) is 23.1 Å². The largest absolute Gasteiger partial charge is 0.379 e. The monoisotopic (exact) mass is 420 g/mol. The number of rotatable bonds is 8. The molecule has 1 N–H and O–H groups in total. The number of halogens is 1. The van der Waals surface area contributed by atoms with Crippen molar-refractivity contribution in [3.8, 4) is 0 Å². The summed E-state index contributed by atoms with van der Waals surface area (Å²) in [6.07, 6.45) is 0.791. The third kappa shape index (κ3) is 6.35. The van der Waals surface area contributed by atoms with Gasteiger partial charge >= 0.3 is 0 Å². The fourth-order valence-electron chi connectivity index (χ4n) is 3.17. The van der Waals surface area contributed by atoms with Crippen molar-refractivity contribution in [3.05, 3.63) is 71.0 Å². The molecule has 3 rings (SSSR count). The minimum atomic E-state index is -3.44. The van der Waals surface area contributed by atoms with Crippen molar-refractivity contribution in [3.63, 3.8) is 0 Å². The summed E-state index contributed by atoms with van der Waals surface area (Å²) in [6.45, 7) is 1.81. The smallest absolute Gasteiger partial charge is 0.220 e. The summed E-state index contributed by atoms with van der Waals surface area (Å²) in [5.41, 5.74) is 2.34. The van der Waals surface area contributed by atoms with Gasteiger partial charge in [-0.2, -0.15) is 4.31 Å². The fraction of sp³-hybridized carbons (Fsp3) is 0.381. The van der Waals surface area contributed by atoms with Crippen LogP contribution < -0.4 is 5.32 Å². The topological polar surface area (TPSA) is 75.7 Å². The number of hydrogen-bond acceptors (Lipinski definition) is 4. The minimum absolute atomic E-state index is 0.103. The summed E-state index contributed by atoms with van der Waals surface area (Å²) in [7, 11) is -3.44. The number of aryl methyl sites for hydroxylation is 1. The van der Waals surface area contributed by atoms with E-state index < -0.39 is 10.0 Å². The molecule has 1 aliphatic rings. The van der Waals surface area contributed by atoms with E-state index in [0.717, 1.165) is 11.1 Å². The number of nitrogens with zero attached hydrogens (tertiary/aromatic N) is 1. The van der Waals surface area contributed by atoms with E-state index in [1.165, 1.54) is 16.4 Å². The number of morpholine rings is 1. The molecule has 2 aromatic carbocycles. The molecule has 8 heteroatoms. The summed E-state index contributed by atoms with van der Waals surface area (Å²) >= 11 is 0. The van der Waals surface area contributed by atoms with Crippen molar-refractivity contribution in [2.75, 3.05) is 26.3 Å². The molecular formula is C21H25FN2O4S. The molecule has 0 spiro atoms. The first-order valence-corrected chi connectivity index (χ1v) is 11.2. The van der Waals surface area contributed by atoms with Crippen LogP contribution in [0.2, 0.25) is 0 Å². The van der Waals surface area contributed by atoms with Gasteiger partial charge in [0.1, 0.15) is 5.82 Å². The Morgan fingerprint density at radius 3 is 2.38 bits per heavy atom. The van der Waals surface area contributed by atoms with Crippen molar-refractivity contribution < 1.29 is 22.3 Å². The molecule has 29 heavy (non-hydrogen) atoms. The lowest BCUT2D eigenvalue weighted by molar-refractivity contribution is -0.121. The number of hydrogen-bond donors (Lipinski definition) is 1. The molecule has 0 radical (unpaired) electrons. The molecule has 0 aromatic heterocycles. The van der Waals surface area contributed by atoms with Gasteiger partial charge in [0.15, 0.2) is 0 Å². The molecule has 156 valence electrons. The van der Waals surface area contributed by atoms with Crippen LogP contribution in [0.5, 0.6) is 0 Å². The molecule has 0 aliphatic carbocycles. The van der Waals surface area contributed by atoms with E-state index >= 15 is 0 Å². The Bertz CT molecular complexity index is 926. The molecule has 0 unspecified atom stereocenters. The highest BCUT2D eigenvalue weighted by atomic mass is 32.2. The third-order valence-electron chi connectivity index (χ3n) is 4.85. The lowest BCUT2D eigenvalue weighted by Gasteiger charge is -2.26. The first kappa shape index (κ1) is 21.4. The van der Waals surface area contributed by atoms with Crippen molar-refractivity contribution in [2.45, 2.75) is 25.1 Å². The van der Waals surface area contributed by atoms with E-state index in [0.29, 0.717) is 38.3 Å². The van der Waals surface area contributed by atoms with E-state index in [4.69, 9.17) is 4.74 Å². The molecule has 1 saturated heterocycles. The first-order valence-electron chi connectivity index (χ1n) is 9.57. The molecular weight excluding hydrogens is 395 g/mol. The molecule has 2 aromatic rings. The number of benzene rings is 2. The highest BCUT2D eigenvalue weighted by Crippen LogP contribution is 2.17. The standard InChI is InChI=1S/C21H25FN2O4S/c22-20-8-5-17(6-9-20)7-10-21(25)23-15-18-3-1-2-4-19(18)16-29(26,27)24-11-13-28-14-12-24/h1-6,8-9H,7,10-16H2,(H,23,25). The Hall–Kier alpha value is -2.29. The van der Waals surface area contributed by atoms with Gasteiger partial charge in [-0.05, 0) is 35.2 Å². The second-order valence-electron chi connectivity index (χ2n) is 6.94. The first-order chi connectivity index (χ1) is 13.9. The van der Waals surface area contributed by atoms with Gasteiger partial charge in [0, 0.05) is 26.1 Å². The Morgan fingerprint density at radius 2 is 1.69 bits per heavy atom. The number of carbonyl (C=O) groups is 1. The number of carbonyl (C=O) groups excluding carboxylic acids is 1. The van der Waals surface area contributed by atoms with Crippen molar-refractivity contribution in [1.29, 1.82) is 0 Å². The second-order valence-corrected chi connectivity index (χ2v) is 8.91. The average molecular weight is 421 g/mol. The zero-order valence-corrected chi connectivity index (χ0v) is 17.0. The average Bonchev–Trinajstić information content (AvgIpc) is 2.73. The van der Waals surface area contributed by atoms with E-state index in [1.807, 2.05) is 12.1 Å². The highest BCUT2D eigenvalue weighted by Gasteiger charge is 2.25. The van der Waals surface area contributed by atoms with E-state index in [9.17, 15) is 17.6 Å². The lowest BCUT2D eigenvalue weighted by atomic mass is 10.1. The van der Waals surface area contributed by atoms with Gasteiger partial charge in [-0.3, -0.25) is 4.79 Å². The number of amides is 1. The Labute approximate surface area is 170 Å². The van der Waals surface area contributed by atoms with Crippen LogP contribution in [0, 0.1) is 5.82 Å². The van der Waals surface area contributed by atoms with Gasteiger partial charge in [-0.15, -0.1) is 0 Å². The number of nitrogens with one attached hydrogen (secondary N) is 1. The Balaban J connectivity index is 1.55. The predicted octanol–water partition coefficient (Wildman–Crippen LogP) is 2.24. The van der Waals surface area contributed by atoms with Crippen molar-refractivity contribution in [2.24, 2.45) is 0 Å². The van der Waals surface area contributed by atoms with Gasteiger partial charge in [-0.25, -0.2) is 12.8 Å². The van der Waals surface area contributed by atoms with Crippen LogP contribution in [-0.2, 0) is 38.3 Å². The third-order valence-corrected chi connectivity index (χ3v) is 6.68. The summed E-state index contributed by atoms with van der Waals surface area (Å²) in [4.78, 5) is 12.2. The molecule has 0 bridgehead atoms. The summed E-state index contributed by atoms with van der Waals surface area (Å²) in [5.74, 6) is -0.545. The quantitative estimate of drug-likeness (QED) is 0.711. The van der Waals surface area contributed by atoms with Crippen LogP contribution in [0.4, 0.5) is 4.39 Å². The molecule has 0 atom stereocenters. The van der Waals surface area contributed by atoms with E-state index in [1.54, 1.807) is 24.3 Å². The lowest BCUT2D eigenvalue weighted by Crippen LogP contribution is -2.41. The molecule has 1 heterocycles. The van der Waals surface area contributed by atoms with Crippen molar-refractivity contribution in [1.82, 2.24) is 9.62 Å². The Kier molecular flexibility index (Phi) is 7.35. The molecule has 1 fully saturated rings. The zero-order chi connectivity index (χ0) is 20.7. The van der Waals surface area contributed by atoms with E-state index in [-0.39, 0.29) is 30.4 Å². The molecule has 1 aliphatic heterocycles. The number of sulfonamides is 1. The molecule has 0 saturated carbocycles. The maximum Gasteiger partial charge on any atom is 0.220 e. The van der Waals surface area contributed by atoms with Gasteiger partial charge in [0.05, 0.1) is 19.0 Å². The number of ether oxygens (including phenoxy) is 1. The molecule has 6 nitrogen and oxygen atoms in total. The van der Waals surface area contributed by atoms with Crippen LogP contribution >= 0.6 is 0 Å². The maximum atomic E-state index is 12.9. The van der Waals surface area contributed by atoms with Gasteiger partial charge < -0.3 is 10.1 Å². The van der Waals surface area contributed by atoms with E-state index in [2.05, 4.69) is 5.32 Å². The summed E-state index contributed by atoms with van der Waals surface area (Å²) in [6, 6.07) is 13.3. The molecule has 1 amide bonds. The minimum Gasteiger partial charge on any atom is -0.379 e. The predicted molar refractivity (Wildman–Crippen MR) is 108 cm³/mol. The fourth-order valence-corrected chi connectivity index (χ4v) is 4.74. The van der Waals surface area contributed by atoms with Gasteiger partial charge in [-0.1, -0.05) is 36.4 Å². The normalized spacial score (nSPS) is 15.2. The maximum absolute atomic E-state index is 12.9. The van der Waals surface area contributed by atoms with Gasteiger partial charge in [0.2, 0.25) is 15.9 Å². The van der Waals surface area contributed by atoms with Crippen molar-refractivity contribution >= 4 is 15.9 Å². The zero-order valence-electron chi connectivity index (χ0n) is 16.1. The van der Waals surface area contributed by atoms with Crippen LogP contribution in [0.3, 0.4) is 0 Å². The highest BCUT2D eigenvalue weighted by molar-refractivity contribution is 7.88. The Morgan fingerprint density at radius 1 is 1.03 bits per heavy atom. The van der Waals surface area contributed by atoms with Crippen LogP contribution in [-0.4, -0.2) is 44.9 Å².